The van der Waals surface area contributed by atoms with E-state index < -0.39 is 0 Å². The van der Waals surface area contributed by atoms with Gasteiger partial charge < -0.3 is 14.2 Å². The molecule has 1 heterocycles. The minimum atomic E-state index is -0.330. The van der Waals surface area contributed by atoms with E-state index in [9.17, 15) is 4.79 Å². The van der Waals surface area contributed by atoms with Gasteiger partial charge in [-0.3, -0.25) is 0 Å². The summed E-state index contributed by atoms with van der Waals surface area (Å²) in [5.74, 6) is -0.330. The van der Waals surface area contributed by atoms with E-state index in [1.807, 2.05) is 6.92 Å². The highest BCUT2D eigenvalue weighted by molar-refractivity contribution is 5.81. The second-order valence-corrected chi connectivity index (χ2v) is 2.95. The zero-order valence-corrected chi connectivity index (χ0v) is 9.37. The predicted molar refractivity (Wildman–Crippen MR) is 57.7 cm³/mol. The summed E-state index contributed by atoms with van der Waals surface area (Å²) < 4.78 is 14.6. The maximum atomic E-state index is 10.3. The maximum Gasteiger partial charge on any atom is 0.330 e. The zero-order valence-electron chi connectivity index (χ0n) is 9.37. The summed E-state index contributed by atoms with van der Waals surface area (Å²) in [5.41, 5.74) is 0. The molecule has 0 radical (unpaired) electrons. The first-order valence-corrected chi connectivity index (χ1v) is 5.26. The highest BCUT2D eigenvalue weighted by atomic mass is 16.6. The van der Waals surface area contributed by atoms with Crippen molar-refractivity contribution >= 4 is 5.97 Å². The van der Waals surface area contributed by atoms with Gasteiger partial charge in [-0.25, -0.2) is 4.79 Å². The van der Waals surface area contributed by atoms with Crippen molar-refractivity contribution in [2.45, 2.75) is 19.8 Å². The summed E-state index contributed by atoms with van der Waals surface area (Å²) in [7, 11) is 0. The molecule has 0 aliphatic carbocycles. The number of unbranched alkanes of at least 4 members (excludes halogenated alkanes) is 1. The maximum absolute atomic E-state index is 10.3. The fourth-order valence-corrected chi connectivity index (χ4v) is 0.816. The summed E-state index contributed by atoms with van der Waals surface area (Å²) in [6, 6.07) is 0. The number of rotatable bonds is 4. The number of ether oxygens (including phenoxy) is 3. The van der Waals surface area contributed by atoms with Crippen molar-refractivity contribution in [3.63, 3.8) is 0 Å². The second-order valence-electron chi connectivity index (χ2n) is 2.95. The van der Waals surface area contributed by atoms with Crippen molar-refractivity contribution in [3.05, 3.63) is 12.7 Å². The minimum Gasteiger partial charge on any atom is -0.463 e. The highest BCUT2D eigenvalue weighted by Gasteiger charge is 1.94. The van der Waals surface area contributed by atoms with E-state index in [1.54, 1.807) is 0 Å². The molecular formula is C11H20O4. The Morgan fingerprint density at radius 1 is 1.33 bits per heavy atom. The largest absolute Gasteiger partial charge is 0.463 e. The van der Waals surface area contributed by atoms with Crippen LogP contribution in [0.25, 0.3) is 0 Å². The van der Waals surface area contributed by atoms with E-state index in [1.165, 1.54) is 6.08 Å². The van der Waals surface area contributed by atoms with E-state index >= 15 is 0 Å². The molecule has 1 fully saturated rings. The van der Waals surface area contributed by atoms with Crippen LogP contribution in [0.5, 0.6) is 0 Å². The smallest absolute Gasteiger partial charge is 0.330 e. The summed E-state index contributed by atoms with van der Waals surface area (Å²) in [6.45, 7) is 8.93. The van der Waals surface area contributed by atoms with Crippen LogP contribution < -0.4 is 0 Å². The summed E-state index contributed by atoms with van der Waals surface area (Å²) in [5, 5.41) is 0. The average molecular weight is 216 g/mol. The van der Waals surface area contributed by atoms with Gasteiger partial charge in [0, 0.05) is 6.08 Å². The SMILES string of the molecule is C1COCCO1.C=CC(=O)OCCCC. The molecule has 1 rings (SSSR count). The molecule has 0 N–H and O–H groups in total. The molecule has 0 aromatic rings. The van der Waals surface area contributed by atoms with Crippen LogP contribution in [0.4, 0.5) is 0 Å². The lowest BCUT2D eigenvalue weighted by Crippen LogP contribution is -2.16. The van der Waals surface area contributed by atoms with Crippen molar-refractivity contribution < 1.29 is 19.0 Å². The first kappa shape index (κ1) is 14.1. The van der Waals surface area contributed by atoms with Crippen LogP contribution in [0.15, 0.2) is 12.7 Å². The molecule has 0 amide bonds. The summed E-state index contributed by atoms with van der Waals surface area (Å²) in [4.78, 5) is 10.3. The fraction of sp³-hybridized carbons (Fsp3) is 0.727. The Kier molecular flexibility index (Phi) is 10.6. The van der Waals surface area contributed by atoms with Crippen molar-refractivity contribution in [2.75, 3.05) is 33.0 Å². The molecule has 88 valence electrons. The molecule has 1 saturated heterocycles. The van der Waals surface area contributed by atoms with Crippen LogP contribution in [0.1, 0.15) is 19.8 Å². The molecule has 0 atom stereocenters. The van der Waals surface area contributed by atoms with Crippen molar-refractivity contribution in [1.29, 1.82) is 0 Å². The molecule has 15 heavy (non-hydrogen) atoms. The molecule has 1 aliphatic heterocycles. The van der Waals surface area contributed by atoms with Gasteiger partial charge in [-0.05, 0) is 6.42 Å². The van der Waals surface area contributed by atoms with Gasteiger partial charge >= 0.3 is 5.97 Å². The van der Waals surface area contributed by atoms with Gasteiger partial charge in [0.2, 0.25) is 0 Å². The van der Waals surface area contributed by atoms with Gasteiger partial charge in [-0.1, -0.05) is 19.9 Å². The fourth-order valence-electron chi connectivity index (χ4n) is 0.816. The number of carbonyl (C=O) groups excluding carboxylic acids is 1. The van der Waals surface area contributed by atoms with Gasteiger partial charge in [-0.15, -0.1) is 0 Å². The second kappa shape index (κ2) is 11.2. The highest BCUT2D eigenvalue weighted by Crippen LogP contribution is 1.88. The molecule has 1 aliphatic rings. The zero-order chi connectivity index (χ0) is 11.4. The number of hydrogen-bond donors (Lipinski definition) is 0. The Bertz CT molecular complexity index is 152. The third-order valence-corrected chi connectivity index (χ3v) is 1.65. The molecule has 0 aromatic heterocycles. The standard InChI is InChI=1S/C7H12O2.C4H8O2/c1-3-5-6-9-7(8)4-2;1-2-6-4-3-5-1/h4H,2-3,5-6H2,1H3;1-4H2. The van der Waals surface area contributed by atoms with Gasteiger partial charge in [0.25, 0.3) is 0 Å². The molecule has 4 nitrogen and oxygen atoms in total. The lowest BCUT2D eigenvalue weighted by atomic mass is 10.4. The van der Waals surface area contributed by atoms with Crippen molar-refractivity contribution in [2.24, 2.45) is 0 Å². The Morgan fingerprint density at radius 2 is 1.87 bits per heavy atom. The van der Waals surface area contributed by atoms with Crippen molar-refractivity contribution in [1.82, 2.24) is 0 Å². The molecule has 0 unspecified atom stereocenters. The third-order valence-electron chi connectivity index (χ3n) is 1.65. The Morgan fingerprint density at radius 3 is 2.20 bits per heavy atom. The van der Waals surface area contributed by atoms with Gasteiger partial charge in [0.15, 0.2) is 0 Å². The Labute approximate surface area is 91.2 Å². The van der Waals surface area contributed by atoms with Crippen LogP contribution >= 0.6 is 0 Å². The van der Waals surface area contributed by atoms with E-state index in [2.05, 4.69) is 11.3 Å². The molecule has 0 aromatic carbocycles. The minimum absolute atomic E-state index is 0.330. The van der Waals surface area contributed by atoms with Crippen LogP contribution in [0.2, 0.25) is 0 Å². The Balaban J connectivity index is 0.000000280. The van der Waals surface area contributed by atoms with Crippen LogP contribution in [0, 0.1) is 0 Å². The molecular weight excluding hydrogens is 196 g/mol. The number of hydrogen-bond acceptors (Lipinski definition) is 4. The van der Waals surface area contributed by atoms with Gasteiger partial charge in [0.1, 0.15) is 0 Å². The quantitative estimate of drug-likeness (QED) is 0.406. The van der Waals surface area contributed by atoms with Crippen LogP contribution in [-0.4, -0.2) is 39.0 Å². The lowest BCUT2D eigenvalue weighted by Gasteiger charge is -2.09. The monoisotopic (exact) mass is 216 g/mol. The lowest BCUT2D eigenvalue weighted by molar-refractivity contribution is -0.137. The Hall–Kier alpha value is -0.870. The van der Waals surface area contributed by atoms with Gasteiger partial charge in [-0.2, -0.15) is 0 Å². The average Bonchev–Trinajstić information content (AvgIpc) is 2.32. The van der Waals surface area contributed by atoms with E-state index in [0.717, 1.165) is 39.3 Å². The van der Waals surface area contributed by atoms with Gasteiger partial charge in [0.05, 0.1) is 33.0 Å². The molecule has 0 bridgehead atoms. The predicted octanol–water partition coefficient (Wildman–Crippen LogP) is 1.55. The molecule has 0 saturated carbocycles. The van der Waals surface area contributed by atoms with E-state index in [4.69, 9.17) is 9.47 Å². The topological polar surface area (TPSA) is 44.8 Å². The third kappa shape index (κ3) is 11.1. The first-order chi connectivity index (χ1) is 7.31. The normalized spacial score (nSPS) is 14.7. The van der Waals surface area contributed by atoms with E-state index in [0.29, 0.717) is 6.61 Å². The first-order valence-electron chi connectivity index (χ1n) is 5.26. The van der Waals surface area contributed by atoms with E-state index in [-0.39, 0.29) is 5.97 Å². The number of carbonyl (C=O) groups is 1. The van der Waals surface area contributed by atoms with Crippen LogP contribution in [-0.2, 0) is 19.0 Å². The molecule has 4 heteroatoms. The molecule has 0 spiro atoms. The van der Waals surface area contributed by atoms with Crippen LogP contribution in [0.3, 0.4) is 0 Å². The number of esters is 1. The summed E-state index contributed by atoms with van der Waals surface area (Å²) in [6.07, 6.45) is 3.15. The summed E-state index contributed by atoms with van der Waals surface area (Å²) >= 11 is 0. The van der Waals surface area contributed by atoms with Crippen molar-refractivity contribution in [3.8, 4) is 0 Å².